The summed E-state index contributed by atoms with van der Waals surface area (Å²) in [6, 6.07) is 11.8. The third-order valence-electron chi connectivity index (χ3n) is 2.39. The molecule has 18 heavy (non-hydrogen) atoms. The third-order valence-corrected chi connectivity index (χ3v) is 2.39. The minimum atomic E-state index is -0.505. The predicted octanol–water partition coefficient (Wildman–Crippen LogP) is 3.42. The van der Waals surface area contributed by atoms with Gasteiger partial charge < -0.3 is 4.74 Å². The first kappa shape index (κ1) is 12.1. The van der Waals surface area contributed by atoms with Crippen LogP contribution in [0.5, 0.6) is 5.75 Å². The lowest BCUT2D eigenvalue weighted by atomic mass is 10.1. The lowest BCUT2D eigenvalue weighted by Gasteiger charge is -2.08. The quantitative estimate of drug-likeness (QED) is 0.830. The summed E-state index contributed by atoms with van der Waals surface area (Å²) < 4.78 is 31.9. The molecule has 2 rings (SSSR count). The lowest BCUT2D eigenvalue weighted by Crippen LogP contribution is -2.00. The molecular formula is C14H9F2NO. The third kappa shape index (κ3) is 2.64. The van der Waals surface area contributed by atoms with E-state index in [1.165, 1.54) is 30.3 Å². The smallest absolute Gasteiger partial charge is 0.165 e. The van der Waals surface area contributed by atoms with Gasteiger partial charge in [-0.05, 0) is 30.3 Å². The first-order chi connectivity index (χ1) is 8.70. The molecular weight excluding hydrogens is 236 g/mol. The highest BCUT2D eigenvalue weighted by Crippen LogP contribution is 2.18. The van der Waals surface area contributed by atoms with Crippen LogP contribution in [-0.4, -0.2) is 0 Å². The van der Waals surface area contributed by atoms with Crippen LogP contribution in [0.1, 0.15) is 11.1 Å². The maximum absolute atomic E-state index is 13.4. The molecule has 0 spiro atoms. The molecule has 0 aliphatic carbocycles. The molecule has 2 aromatic rings. The Balaban J connectivity index is 2.16. The van der Waals surface area contributed by atoms with Crippen LogP contribution >= 0.6 is 0 Å². The zero-order valence-corrected chi connectivity index (χ0v) is 9.36. The van der Waals surface area contributed by atoms with E-state index in [2.05, 4.69) is 0 Å². The van der Waals surface area contributed by atoms with Gasteiger partial charge in [0.25, 0.3) is 0 Å². The van der Waals surface area contributed by atoms with E-state index in [0.717, 1.165) is 0 Å². The van der Waals surface area contributed by atoms with E-state index < -0.39 is 11.6 Å². The number of rotatable bonds is 3. The normalized spacial score (nSPS) is 9.83. The van der Waals surface area contributed by atoms with Gasteiger partial charge in [0, 0.05) is 5.56 Å². The summed E-state index contributed by atoms with van der Waals surface area (Å²) in [4.78, 5) is 0. The summed E-state index contributed by atoms with van der Waals surface area (Å²) in [5, 5.41) is 8.71. The van der Waals surface area contributed by atoms with Crippen molar-refractivity contribution in [2.75, 3.05) is 0 Å². The fourth-order valence-electron chi connectivity index (χ4n) is 1.47. The van der Waals surface area contributed by atoms with Gasteiger partial charge in [0.15, 0.2) is 11.6 Å². The van der Waals surface area contributed by atoms with Crippen molar-refractivity contribution in [1.29, 1.82) is 5.26 Å². The monoisotopic (exact) mass is 245 g/mol. The van der Waals surface area contributed by atoms with Crippen LogP contribution in [0.25, 0.3) is 0 Å². The molecule has 0 heterocycles. The molecule has 0 radical (unpaired) electrons. The van der Waals surface area contributed by atoms with Gasteiger partial charge in [-0.1, -0.05) is 12.1 Å². The van der Waals surface area contributed by atoms with Crippen molar-refractivity contribution in [3.8, 4) is 11.8 Å². The molecule has 0 amide bonds. The first-order valence-electron chi connectivity index (χ1n) is 5.26. The number of nitrogens with zero attached hydrogens (tertiary/aromatic N) is 1. The highest BCUT2D eigenvalue weighted by Gasteiger charge is 2.06. The summed E-state index contributed by atoms with van der Waals surface area (Å²) in [6.07, 6.45) is 0. The maximum atomic E-state index is 13.4. The molecule has 0 unspecified atom stereocenters. The van der Waals surface area contributed by atoms with Crippen LogP contribution in [0.3, 0.4) is 0 Å². The largest absolute Gasteiger partial charge is 0.486 e. The van der Waals surface area contributed by atoms with Gasteiger partial charge >= 0.3 is 0 Å². The summed E-state index contributed by atoms with van der Waals surface area (Å²) in [7, 11) is 0. The van der Waals surface area contributed by atoms with Gasteiger partial charge in [0.2, 0.25) is 0 Å². The van der Waals surface area contributed by atoms with Crippen LogP contribution < -0.4 is 4.74 Å². The second-order valence-electron chi connectivity index (χ2n) is 3.64. The molecule has 2 aromatic carbocycles. The predicted molar refractivity (Wildman–Crippen MR) is 61.8 cm³/mol. The summed E-state index contributed by atoms with van der Waals surface area (Å²) in [6.45, 7) is -0.123. The molecule has 0 bridgehead atoms. The van der Waals surface area contributed by atoms with Crippen molar-refractivity contribution in [3.05, 3.63) is 65.2 Å². The van der Waals surface area contributed by atoms with Gasteiger partial charge in [-0.25, -0.2) is 8.78 Å². The van der Waals surface area contributed by atoms with Crippen molar-refractivity contribution < 1.29 is 13.5 Å². The summed E-state index contributed by atoms with van der Waals surface area (Å²) in [5.74, 6) is -0.932. The van der Waals surface area contributed by atoms with Gasteiger partial charge in [-0.15, -0.1) is 0 Å². The average Bonchev–Trinajstić information content (AvgIpc) is 2.39. The second kappa shape index (κ2) is 5.28. The Morgan fingerprint density at radius 1 is 1.06 bits per heavy atom. The van der Waals surface area contributed by atoms with Crippen LogP contribution in [0.2, 0.25) is 0 Å². The van der Waals surface area contributed by atoms with E-state index in [4.69, 9.17) is 10.00 Å². The first-order valence-corrected chi connectivity index (χ1v) is 5.26. The van der Waals surface area contributed by atoms with Crippen LogP contribution in [-0.2, 0) is 6.61 Å². The number of ether oxygens (including phenoxy) is 1. The number of halogens is 2. The Morgan fingerprint density at radius 2 is 1.83 bits per heavy atom. The Hall–Kier alpha value is -2.41. The number of para-hydroxylation sites is 1. The second-order valence-corrected chi connectivity index (χ2v) is 3.64. The minimum absolute atomic E-state index is 0.0549. The van der Waals surface area contributed by atoms with E-state index >= 15 is 0 Å². The Labute approximate surface area is 103 Å². The van der Waals surface area contributed by atoms with E-state index in [9.17, 15) is 8.78 Å². The fourth-order valence-corrected chi connectivity index (χ4v) is 1.47. The Bertz CT molecular complexity index is 605. The number of hydrogen-bond acceptors (Lipinski definition) is 2. The van der Waals surface area contributed by atoms with E-state index in [0.29, 0.717) is 5.56 Å². The molecule has 0 saturated heterocycles. The molecule has 0 aliphatic heterocycles. The van der Waals surface area contributed by atoms with Gasteiger partial charge in [-0.2, -0.15) is 5.26 Å². The van der Waals surface area contributed by atoms with E-state index in [1.807, 2.05) is 6.07 Å². The molecule has 0 saturated carbocycles. The Kier molecular flexibility index (Phi) is 3.54. The molecule has 90 valence electrons. The number of nitriles is 1. The van der Waals surface area contributed by atoms with Crippen molar-refractivity contribution >= 4 is 0 Å². The maximum Gasteiger partial charge on any atom is 0.165 e. The lowest BCUT2D eigenvalue weighted by molar-refractivity contribution is 0.285. The Morgan fingerprint density at radius 3 is 2.56 bits per heavy atom. The van der Waals surface area contributed by atoms with Crippen LogP contribution in [0.15, 0.2) is 42.5 Å². The van der Waals surface area contributed by atoms with E-state index in [1.54, 1.807) is 12.1 Å². The summed E-state index contributed by atoms with van der Waals surface area (Å²) >= 11 is 0. The van der Waals surface area contributed by atoms with Gasteiger partial charge in [0.1, 0.15) is 12.4 Å². The minimum Gasteiger partial charge on any atom is -0.486 e. The van der Waals surface area contributed by atoms with Crippen molar-refractivity contribution in [1.82, 2.24) is 0 Å². The zero-order chi connectivity index (χ0) is 13.0. The number of benzene rings is 2. The van der Waals surface area contributed by atoms with Crippen molar-refractivity contribution in [3.63, 3.8) is 0 Å². The van der Waals surface area contributed by atoms with Crippen molar-refractivity contribution in [2.45, 2.75) is 6.61 Å². The van der Waals surface area contributed by atoms with Crippen LogP contribution in [0, 0.1) is 23.0 Å². The zero-order valence-electron chi connectivity index (χ0n) is 9.36. The molecule has 0 N–H and O–H groups in total. The fraction of sp³-hybridized carbons (Fsp3) is 0.0714. The van der Waals surface area contributed by atoms with Gasteiger partial charge in [-0.3, -0.25) is 0 Å². The topological polar surface area (TPSA) is 33.0 Å². The highest BCUT2D eigenvalue weighted by molar-refractivity contribution is 5.34. The van der Waals surface area contributed by atoms with Crippen LogP contribution in [0.4, 0.5) is 8.78 Å². The summed E-state index contributed by atoms with van der Waals surface area (Å²) in [5.41, 5.74) is 0.556. The van der Waals surface area contributed by atoms with E-state index in [-0.39, 0.29) is 17.9 Å². The molecule has 0 aromatic heterocycles. The van der Waals surface area contributed by atoms with Gasteiger partial charge in [0.05, 0.1) is 11.6 Å². The highest BCUT2D eigenvalue weighted by atomic mass is 19.1. The molecule has 0 fully saturated rings. The molecule has 0 atom stereocenters. The standard InChI is InChI=1S/C14H9F2NO/c15-12-6-5-10(8-17)7-11(12)9-18-14-4-2-1-3-13(14)16/h1-7H,9H2. The average molecular weight is 245 g/mol. The molecule has 0 aliphatic rings. The number of hydrogen-bond donors (Lipinski definition) is 0. The molecule has 2 nitrogen and oxygen atoms in total. The van der Waals surface area contributed by atoms with Crippen molar-refractivity contribution in [2.24, 2.45) is 0 Å². The molecule has 4 heteroatoms. The SMILES string of the molecule is N#Cc1ccc(F)c(COc2ccccc2F)c1.